The van der Waals surface area contributed by atoms with Gasteiger partial charge >= 0.3 is 6.18 Å². The first-order valence-corrected chi connectivity index (χ1v) is 9.08. The molecule has 0 spiro atoms. The molecule has 4 rings (SSSR count). The van der Waals surface area contributed by atoms with Gasteiger partial charge in [-0.2, -0.15) is 28.2 Å². The average Bonchev–Trinajstić information content (AvgIpc) is 3.31. The summed E-state index contributed by atoms with van der Waals surface area (Å²) in [5.41, 5.74) is -0.424. The largest absolute Gasteiger partial charge is 0.400 e. The number of aromatic nitrogens is 3. The highest BCUT2D eigenvalue weighted by Gasteiger charge is 2.58. The van der Waals surface area contributed by atoms with E-state index < -0.39 is 18.1 Å². The second-order valence-electron chi connectivity index (χ2n) is 6.54. The number of benzene rings is 2. The lowest BCUT2D eigenvalue weighted by Crippen LogP contribution is -2.43. The van der Waals surface area contributed by atoms with Crippen LogP contribution in [0.5, 0.6) is 0 Å². The van der Waals surface area contributed by atoms with Crippen molar-refractivity contribution in [1.82, 2.24) is 15.0 Å². The van der Waals surface area contributed by atoms with Gasteiger partial charge in [-0.25, -0.2) is 0 Å². The van der Waals surface area contributed by atoms with Gasteiger partial charge in [-0.1, -0.05) is 35.3 Å². The van der Waals surface area contributed by atoms with Crippen molar-refractivity contribution in [3.8, 4) is 5.69 Å². The number of hydrogen-bond acceptors (Lipinski definition) is 3. The van der Waals surface area contributed by atoms with E-state index in [9.17, 15) is 13.2 Å². The molecule has 28 heavy (non-hydrogen) atoms. The molecule has 144 valence electrons. The Balaban J connectivity index is 1.67. The minimum absolute atomic E-state index is 0.0219. The normalized spacial score (nSPS) is 19.7. The van der Waals surface area contributed by atoms with E-state index in [1.807, 2.05) is 0 Å². The zero-order valence-corrected chi connectivity index (χ0v) is 15.8. The van der Waals surface area contributed by atoms with Crippen LogP contribution < -0.4 is 0 Å². The predicted octanol–water partition coefficient (Wildman–Crippen LogP) is 5.27. The van der Waals surface area contributed by atoms with Crippen molar-refractivity contribution in [2.24, 2.45) is 4.99 Å². The van der Waals surface area contributed by atoms with Crippen molar-refractivity contribution < 1.29 is 13.2 Å². The minimum atomic E-state index is -4.51. The van der Waals surface area contributed by atoms with Gasteiger partial charge < -0.3 is 0 Å². The number of hydrogen-bond donors (Lipinski definition) is 0. The molecule has 1 aliphatic rings. The zero-order valence-electron chi connectivity index (χ0n) is 14.3. The fourth-order valence-electron chi connectivity index (χ4n) is 3.33. The van der Waals surface area contributed by atoms with Gasteiger partial charge in [-0.3, -0.25) is 4.99 Å². The van der Waals surface area contributed by atoms with Gasteiger partial charge in [-0.15, -0.1) is 0 Å². The third kappa shape index (κ3) is 3.29. The Bertz CT molecular complexity index is 1010. The topological polar surface area (TPSA) is 43.1 Å². The molecule has 9 heteroatoms. The first-order chi connectivity index (χ1) is 13.3. The molecule has 0 N–H and O–H groups in total. The smallest absolute Gasteiger partial charge is 0.288 e. The Kier molecular flexibility index (Phi) is 4.67. The first kappa shape index (κ1) is 19.0. The molecule has 1 aliphatic heterocycles. The van der Waals surface area contributed by atoms with E-state index in [0.29, 0.717) is 17.0 Å². The number of rotatable bonds is 3. The molecule has 2 aromatic carbocycles. The maximum atomic E-state index is 14.1. The number of aliphatic imine (C=N–C) groups is 1. The molecule has 0 aliphatic carbocycles. The molecular formula is C19H13Cl2F3N4. The summed E-state index contributed by atoms with van der Waals surface area (Å²) < 4.78 is 42.4. The summed E-state index contributed by atoms with van der Waals surface area (Å²) in [4.78, 5) is 5.65. The quantitative estimate of drug-likeness (QED) is 0.574. The summed E-state index contributed by atoms with van der Waals surface area (Å²) in [6.45, 7) is -0.412. The fourth-order valence-corrected chi connectivity index (χ4v) is 3.86. The molecule has 0 amide bonds. The maximum absolute atomic E-state index is 14.1. The predicted molar refractivity (Wildman–Crippen MR) is 102 cm³/mol. The lowest BCUT2D eigenvalue weighted by molar-refractivity contribution is -0.183. The maximum Gasteiger partial charge on any atom is 0.400 e. The number of nitrogens with zero attached hydrogens (tertiary/aromatic N) is 4. The molecule has 2 heterocycles. The van der Waals surface area contributed by atoms with Crippen molar-refractivity contribution in [3.63, 3.8) is 0 Å². The average molecular weight is 425 g/mol. The lowest BCUT2D eigenvalue weighted by Gasteiger charge is -2.31. The van der Waals surface area contributed by atoms with Gasteiger partial charge in [0.1, 0.15) is 5.41 Å². The van der Waals surface area contributed by atoms with E-state index in [2.05, 4.69) is 15.2 Å². The highest BCUT2D eigenvalue weighted by Crippen LogP contribution is 2.48. The van der Waals surface area contributed by atoms with E-state index in [0.717, 1.165) is 0 Å². The van der Waals surface area contributed by atoms with Crippen LogP contribution in [-0.4, -0.2) is 33.4 Å². The number of alkyl halides is 3. The van der Waals surface area contributed by atoms with Gasteiger partial charge in [0.2, 0.25) is 0 Å². The Morgan fingerprint density at radius 2 is 1.54 bits per heavy atom. The van der Waals surface area contributed by atoms with Crippen LogP contribution in [0.15, 0.2) is 59.9 Å². The van der Waals surface area contributed by atoms with Gasteiger partial charge in [-0.05, 0) is 41.5 Å². The summed E-state index contributed by atoms with van der Waals surface area (Å²) in [6, 6.07) is 10.9. The Hall–Kier alpha value is -2.38. The SMILES string of the molecule is FC(F)(F)C1(c2cc(Cl)cc(Cl)c2)CN=C(c2ccc(-n3nccn3)cc2)C1. The van der Waals surface area contributed by atoms with E-state index in [1.165, 1.54) is 23.0 Å². The van der Waals surface area contributed by atoms with E-state index in [4.69, 9.17) is 23.2 Å². The highest BCUT2D eigenvalue weighted by molar-refractivity contribution is 6.34. The third-order valence-corrected chi connectivity index (χ3v) is 5.25. The molecule has 0 fully saturated rings. The van der Waals surface area contributed by atoms with E-state index >= 15 is 0 Å². The zero-order chi connectivity index (χ0) is 19.9. The second kappa shape index (κ2) is 6.90. The van der Waals surface area contributed by atoms with Crippen LogP contribution in [-0.2, 0) is 5.41 Å². The molecule has 4 nitrogen and oxygen atoms in total. The van der Waals surface area contributed by atoms with Gasteiger partial charge in [0.05, 0.1) is 24.6 Å². The molecule has 1 aromatic heterocycles. The molecule has 1 unspecified atom stereocenters. The Morgan fingerprint density at radius 1 is 0.929 bits per heavy atom. The van der Waals surface area contributed by atoms with Crippen LogP contribution in [0.4, 0.5) is 13.2 Å². The molecule has 0 radical (unpaired) electrons. The van der Waals surface area contributed by atoms with E-state index in [1.54, 1.807) is 36.7 Å². The monoisotopic (exact) mass is 424 g/mol. The van der Waals surface area contributed by atoms with Crippen molar-refractivity contribution >= 4 is 28.9 Å². The molecule has 0 bridgehead atoms. The summed E-state index contributed by atoms with van der Waals surface area (Å²) >= 11 is 11.9. The van der Waals surface area contributed by atoms with Crippen molar-refractivity contribution in [3.05, 3.63) is 76.0 Å². The van der Waals surface area contributed by atoms with Crippen molar-refractivity contribution in [1.29, 1.82) is 0 Å². The number of halogens is 5. The summed E-state index contributed by atoms with van der Waals surface area (Å²) in [6.07, 6.45) is -1.71. The van der Waals surface area contributed by atoms with Gasteiger partial charge in [0.15, 0.2) is 0 Å². The van der Waals surface area contributed by atoms with Crippen LogP contribution in [0, 0.1) is 0 Å². The molecule has 1 atom stereocenters. The first-order valence-electron chi connectivity index (χ1n) is 8.32. The summed E-state index contributed by atoms with van der Waals surface area (Å²) in [5.74, 6) is 0. The summed E-state index contributed by atoms with van der Waals surface area (Å²) in [5, 5.41) is 8.38. The standard InChI is InChI=1S/C19H13Cl2F3N4/c20-14-7-13(8-15(21)9-14)18(19(22,23)24)10-17(25-11-18)12-1-3-16(4-2-12)28-26-5-6-27-28/h1-9H,10-11H2. The van der Waals surface area contributed by atoms with Gasteiger partial charge in [0.25, 0.3) is 0 Å². The lowest BCUT2D eigenvalue weighted by atomic mass is 9.76. The Labute approximate surface area is 168 Å². The molecular weight excluding hydrogens is 412 g/mol. The minimum Gasteiger partial charge on any atom is -0.288 e. The van der Waals surface area contributed by atoms with Crippen LogP contribution in [0.1, 0.15) is 17.5 Å². The van der Waals surface area contributed by atoms with Crippen LogP contribution in [0.2, 0.25) is 10.0 Å². The highest BCUT2D eigenvalue weighted by atomic mass is 35.5. The Morgan fingerprint density at radius 3 is 2.11 bits per heavy atom. The van der Waals surface area contributed by atoms with Crippen LogP contribution in [0.25, 0.3) is 5.69 Å². The van der Waals surface area contributed by atoms with Crippen LogP contribution >= 0.6 is 23.2 Å². The molecule has 0 saturated heterocycles. The van der Waals surface area contributed by atoms with Crippen molar-refractivity contribution in [2.45, 2.75) is 18.0 Å². The van der Waals surface area contributed by atoms with E-state index in [-0.39, 0.29) is 22.0 Å². The molecule has 3 aromatic rings. The van der Waals surface area contributed by atoms with Gasteiger partial charge in [0, 0.05) is 22.2 Å². The summed E-state index contributed by atoms with van der Waals surface area (Å²) in [7, 11) is 0. The second-order valence-corrected chi connectivity index (χ2v) is 7.42. The third-order valence-electron chi connectivity index (χ3n) is 4.82. The van der Waals surface area contributed by atoms with Crippen molar-refractivity contribution in [2.75, 3.05) is 6.54 Å². The van der Waals surface area contributed by atoms with Crippen LogP contribution in [0.3, 0.4) is 0 Å². The fraction of sp³-hybridized carbons (Fsp3) is 0.211. The molecule has 0 saturated carbocycles.